The summed E-state index contributed by atoms with van der Waals surface area (Å²) in [5, 5.41) is 3.04. The molecule has 94 valence electrons. The quantitative estimate of drug-likeness (QED) is 0.575. The van der Waals surface area contributed by atoms with Gasteiger partial charge < -0.3 is 14.8 Å². The minimum atomic E-state index is -0.215. The molecule has 0 heterocycles. The SMILES string of the molecule is CCOC(=O)CNCCc1ccccc1OC. The van der Waals surface area contributed by atoms with Gasteiger partial charge >= 0.3 is 5.97 Å². The molecule has 0 aliphatic carbocycles. The Bertz CT molecular complexity index is 352. The molecule has 0 unspecified atom stereocenters. The maximum absolute atomic E-state index is 11.1. The maximum atomic E-state index is 11.1. The smallest absolute Gasteiger partial charge is 0.319 e. The molecule has 1 aromatic rings. The van der Waals surface area contributed by atoms with Gasteiger partial charge in [-0.3, -0.25) is 4.79 Å². The first-order valence-corrected chi connectivity index (χ1v) is 5.76. The molecule has 0 amide bonds. The van der Waals surface area contributed by atoms with Crippen LogP contribution in [-0.2, 0) is 16.0 Å². The Morgan fingerprint density at radius 1 is 1.35 bits per heavy atom. The molecule has 4 nitrogen and oxygen atoms in total. The number of benzene rings is 1. The Kier molecular flexibility index (Phi) is 6.10. The zero-order valence-corrected chi connectivity index (χ0v) is 10.4. The largest absolute Gasteiger partial charge is 0.496 e. The highest BCUT2D eigenvalue weighted by Gasteiger charge is 2.03. The third-order valence-electron chi connectivity index (χ3n) is 2.34. The third kappa shape index (κ3) is 4.87. The van der Waals surface area contributed by atoms with Crippen LogP contribution in [0.15, 0.2) is 24.3 Å². The molecule has 17 heavy (non-hydrogen) atoms. The lowest BCUT2D eigenvalue weighted by Crippen LogP contribution is -2.26. The molecule has 1 rings (SSSR count). The highest BCUT2D eigenvalue weighted by molar-refractivity contribution is 5.71. The van der Waals surface area contributed by atoms with Crippen molar-refractivity contribution in [2.45, 2.75) is 13.3 Å². The van der Waals surface area contributed by atoms with Crippen molar-refractivity contribution in [3.8, 4) is 5.75 Å². The van der Waals surface area contributed by atoms with Gasteiger partial charge in [0.25, 0.3) is 0 Å². The van der Waals surface area contributed by atoms with Crippen molar-refractivity contribution in [2.24, 2.45) is 0 Å². The van der Waals surface area contributed by atoms with Crippen LogP contribution < -0.4 is 10.1 Å². The van der Waals surface area contributed by atoms with E-state index in [1.165, 1.54) is 0 Å². The fourth-order valence-corrected chi connectivity index (χ4v) is 1.54. The fourth-order valence-electron chi connectivity index (χ4n) is 1.54. The van der Waals surface area contributed by atoms with Gasteiger partial charge in [0.15, 0.2) is 0 Å². The van der Waals surface area contributed by atoms with Crippen LogP contribution in [0.5, 0.6) is 5.75 Å². The monoisotopic (exact) mass is 237 g/mol. The van der Waals surface area contributed by atoms with Crippen LogP contribution in [0.3, 0.4) is 0 Å². The highest BCUT2D eigenvalue weighted by atomic mass is 16.5. The second kappa shape index (κ2) is 7.68. The zero-order chi connectivity index (χ0) is 12.5. The van der Waals surface area contributed by atoms with Crippen molar-refractivity contribution < 1.29 is 14.3 Å². The normalized spacial score (nSPS) is 10.0. The summed E-state index contributed by atoms with van der Waals surface area (Å²) in [5.41, 5.74) is 1.13. The average Bonchev–Trinajstić information content (AvgIpc) is 2.35. The van der Waals surface area contributed by atoms with Gasteiger partial charge in [-0.1, -0.05) is 18.2 Å². The molecule has 1 aromatic carbocycles. The lowest BCUT2D eigenvalue weighted by molar-refractivity contribution is -0.141. The lowest BCUT2D eigenvalue weighted by Gasteiger charge is -2.08. The molecule has 4 heteroatoms. The Morgan fingerprint density at radius 2 is 2.12 bits per heavy atom. The molecule has 0 aliphatic heterocycles. The highest BCUT2D eigenvalue weighted by Crippen LogP contribution is 2.16. The van der Waals surface area contributed by atoms with E-state index < -0.39 is 0 Å². The third-order valence-corrected chi connectivity index (χ3v) is 2.34. The predicted octanol–water partition coefficient (Wildman–Crippen LogP) is 1.39. The summed E-state index contributed by atoms with van der Waals surface area (Å²) in [4.78, 5) is 11.1. The maximum Gasteiger partial charge on any atom is 0.319 e. The summed E-state index contributed by atoms with van der Waals surface area (Å²) in [6, 6.07) is 7.86. The van der Waals surface area contributed by atoms with Gasteiger partial charge in [0.1, 0.15) is 5.75 Å². The van der Waals surface area contributed by atoms with E-state index >= 15 is 0 Å². The van der Waals surface area contributed by atoms with E-state index in [9.17, 15) is 4.79 Å². The number of carbonyl (C=O) groups excluding carboxylic acids is 1. The summed E-state index contributed by atoms with van der Waals surface area (Å²) in [5.74, 6) is 0.665. The van der Waals surface area contributed by atoms with Crippen molar-refractivity contribution in [2.75, 3.05) is 26.8 Å². The van der Waals surface area contributed by atoms with Gasteiger partial charge in [-0.15, -0.1) is 0 Å². The standard InChI is InChI=1S/C13H19NO3/c1-3-17-13(15)10-14-9-8-11-6-4-5-7-12(11)16-2/h4-7,14H,3,8-10H2,1-2H3. The summed E-state index contributed by atoms with van der Waals surface area (Å²) in [6.07, 6.45) is 0.823. The molecule has 0 aliphatic rings. The first-order chi connectivity index (χ1) is 8.27. The molecule has 1 N–H and O–H groups in total. The molecule has 0 bridgehead atoms. The first kappa shape index (κ1) is 13.5. The minimum Gasteiger partial charge on any atom is -0.496 e. The van der Waals surface area contributed by atoms with Crippen molar-refractivity contribution >= 4 is 5.97 Å². The van der Waals surface area contributed by atoms with E-state index in [1.807, 2.05) is 24.3 Å². The van der Waals surface area contributed by atoms with E-state index in [0.29, 0.717) is 6.61 Å². The number of hydrogen-bond donors (Lipinski definition) is 1. The Balaban J connectivity index is 2.28. The molecular formula is C13H19NO3. The number of rotatable bonds is 7. The van der Waals surface area contributed by atoms with E-state index in [1.54, 1.807) is 14.0 Å². The average molecular weight is 237 g/mol. The van der Waals surface area contributed by atoms with Crippen molar-refractivity contribution in [3.05, 3.63) is 29.8 Å². The second-order valence-electron chi connectivity index (χ2n) is 3.54. The van der Waals surface area contributed by atoms with Gasteiger partial charge in [0, 0.05) is 0 Å². The molecular weight excluding hydrogens is 218 g/mol. The van der Waals surface area contributed by atoms with Gasteiger partial charge in [-0.25, -0.2) is 0 Å². The van der Waals surface area contributed by atoms with Crippen LogP contribution in [0.25, 0.3) is 0 Å². The summed E-state index contributed by atoms with van der Waals surface area (Å²) in [6.45, 7) is 3.20. The Hall–Kier alpha value is -1.55. The topological polar surface area (TPSA) is 47.6 Å². The minimum absolute atomic E-state index is 0.215. The van der Waals surface area contributed by atoms with Gasteiger partial charge in [0.2, 0.25) is 0 Å². The molecule has 0 saturated heterocycles. The number of ether oxygens (including phenoxy) is 2. The number of methoxy groups -OCH3 is 1. The molecule has 0 saturated carbocycles. The molecule has 0 aromatic heterocycles. The van der Waals surface area contributed by atoms with Crippen LogP contribution in [0.4, 0.5) is 0 Å². The Labute approximate surface area is 102 Å². The number of para-hydroxylation sites is 1. The predicted molar refractivity (Wildman–Crippen MR) is 66.2 cm³/mol. The van der Waals surface area contributed by atoms with Gasteiger partial charge in [-0.05, 0) is 31.5 Å². The first-order valence-electron chi connectivity index (χ1n) is 5.76. The molecule has 0 atom stereocenters. The van der Waals surface area contributed by atoms with Crippen molar-refractivity contribution in [3.63, 3.8) is 0 Å². The van der Waals surface area contributed by atoms with Crippen LogP contribution in [0.2, 0.25) is 0 Å². The van der Waals surface area contributed by atoms with Crippen molar-refractivity contribution in [1.29, 1.82) is 0 Å². The molecule has 0 fully saturated rings. The van der Waals surface area contributed by atoms with Crippen LogP contribution in [0, 0.1) is 0 Å². The number of carbonyl (C=O) groups is 1. The van der Waals surface area contributed by atoms with Crippen molar-refractivity contribution in [1.82, 2.24) is 5.32 Å². The number of nitrogens with one attached hydrogen (secondary N) is 1. The summed E-state index contributed by atoms with van der Waals surface area (Å²) in [7, 11) is 1.66. The number of esters is 1. The lowest BCUT2D eigenvalue weighted by atomic mass is 10.1. The molecule has 0 radical (unpaired) electrons. The van der Waals surface area contributed by atoms with E-state index in [2.05, 4.69) is 5.32 Å². The van der Waals surface area contributed by atoms with Crippen LogP contribution >= 0.6 is 0 Å². The second-order valence-corrected chi connectivity index (χ2v) is 3.54. The van der Waals surface area contributed by atoms with E-state index in [0.717, 1.165) is 24.3 Å². The van der Waals surface area contributed by atoms with Crippen LogP contribution in [0.1, 0.15) is 12.5 Å². The zero-order valence-electron chi connectivity index (χ0n) is 10.4. The number of hydrogen-bond acceptors (Lipinski definition) is 4. The summed E-state index contributed by atoms with van der Waals surface area (Å²) < 4.78 is 10.1. The van der Waals surface area contributed by atoms with Gasteiger partial charge in [0.05, 0.1) is 20.3 Å². The van der Waals surface area contributed by atoms with Gasteiger partial charge in [-0.2, -0.15) is 0 Å². The summed E-state index contributed by atoms with van der Waals surface area (Å²) >= 11 is 0. The van der Waals surface area contributed by atoms with E-state index in [4.69, 9.17) is 9.47 Å². The Morgan fingerprint density at radius 3 is 2.82 bits per heavy atom. The molecule has 0 spiro atoms. The fraction of sp³-hybridized carbons (Fsp3) is 0.462. The van der Waals surface area contributed by atoms with Crippen LogP contribution in [-0.4, -0.2) is 32.8 Å². The van der Waals surface area contributed by atoms with E-state index in [-0.39, 0.29) is 12.5 Å².